The molecule has 2 fully saturated rings. The van der Waals surface area contributed by atoms with Gasteiger partial charge in [0.15, 0.2) is 11.6 Å². The van der Waals surface area contributed by atoms with Gasteiger partial charge in [0.2, 0.25) is 11.9 Å². The van der Waals surface area contributed by atoms with E-state index in [0.29, 0.717) is 12.2 Å². The van der Waals surface area contributed by atoms with E-state index in [1.807, 2.05) is 42.5 Å². The molecule has 1 spiro atoms. The molecule has 1 saturated carbocycles. The highest BCUT2D eigenvalue weighted by Gasteiger charge is 2.48. The second-order valence-corrected chi connectivity index (χ2v) is 9.78. The number of hydrogen-bond donors (Lipinski definition) is 2. The van der Waals surface area contributed by atoms with Gasteiger partial charge in [0.25, 0.3) is 0 Å². The first-order valence-corrected chi connectivity index (χ1v) is 12.6. The molecule has 190 valence electrons. The Balaban J connectivity index is 1.20. The quantitative estimate of drug-likeness (QED) is 0.466. The number of rotatable bonds is 6. The molecule has 37 heavy (non-hydrogen) atoms. The van der Waals surface area contributed by atoms with Crippen LogP contribution in [0.1, 0.15) is 24.8 Å². The van der Waals surface area contributed by atoms with Crippen LogP contribution in [0.3, 0.4) is 0 Å². The topological polar surface area (TPSA) is 82.6 Å². The third-order valence-electron chi connectivity index (χ3n) is 7.58. The fourth-order valence-electron chi connectivity index (χ4n) is 5.45. The lowest BCUT2D eigenvalue weighted by atomic mass is 9.66. The van der Waals surface area contributed by atoms with Crippen LogP contribution >= 0.6 is 0 Å². The van der Waals surface area contributed by atoms with Crippen LogP contribution in [-0.2, 0) is 14.9 Å². The van der Waals surface area contributed by atoms with E-state index in [0.717, 1.165) is 68.8 Å². The summed E-state index contributed by atoms with van der Waals surface area (Å²) in [6.45, 7) is 7.51. The van der Waals surface area contributed by atoms with E-state index in [4.69, 9.17) is 4.74 Å². The number of nitrogens with one attached hydrogen (secondary N) is 2. The number of amides is 1. The zero-order valence-corrected chi connectivity index (χ0v) is 20.5. The largest absolute Gasteiger partial charge is 0.378 e. The molecule has 0 radical (unpaired) electrons. The Morgan fingerprint density at radius 2 is 1.84 bits per heavy atom. The van der Waals surface area contributed by atoms with Crippen LogP contribution in [0.15, 0.2) is 61.3 Å². The van der Waals surface area contributed by atoms with Crippen molar-refractivity contribution in [1.29, 1.82) is 0 Å². The Labute approximate surface area is 215 Å². The second-order valence-electron chi connectivity index (χ2n) is 9.78. The van der Waals surface area contributed by atoms with Crippen LogP contribution in [-0.4, -0.2) is 48.7 Å². The molecule has 0 bridgehead atoms. The van der Waals surface area contributed by atoms with Gasteiger partial charge in [-0.25, -0.2) is 9.37 Å². The molecule has 0 unspecified atom stereocenters. The average Bonchev–Trinajstić information content (AvgIpc) is 3.27. The van der Waals surface area contributed by atoms with Crippen molar-refractivity contribution in [3.05, 3.63) is 72.7 Å². The number of carbonyl (C=O) groups excluding carboxylic acids is 1. The summed E-state index contributed by atoms with van der Waals surface area (Å²) in [6.07, 6.45) is 5.78. The van der Waals surface area contributed by atoms with Crippen LogP contribution < -0.4 is 20.4 Å². The summed E-state index contributed by atoms with van der Waals surface area (Å²) < 4.78 is 20.1. The van der Waals surface area contributed by atoms with E-state index in [1.165, 1.54) is 11.6 Å². The van der Waals surface area contributed by atoms with Crippen molar-refractivity contribution >= 4 is 40.4 Å². The standard InChI is InChI=1S/C28H29FN6O2/c1-2-25(36)35-18-28(10-3-11-28)22-9-6-20(16-24(22)35)31-26-23(29)17-30-27(33-26)32-19-4-7-21(8-5-19)34-12-14-37-15-13-34/h2,4-9,16-17H,1,3,10-15,18H2,(H2,30,31,32,33). The second kappa shape index (κ2) is 9.48. The number of halogens is 1. The van der Waals surface area contributed by atoms with Crippen molar-refractivity contribution in [1.82, 2.24) is 9.97 Å². The molecule has 6 rings (SSSR count). The lowest BCUT2D eigenvalue weighted by Crippen LogP contribution is -2.40. The Morgan fingerprint density at radius 3 is 2.54 bits per heavy atom. The first-order chi connectivity index (χ1) is 18.0. The monoisotopic (exact) mass is 500 g/mol. The minimum absolute atomic E-state index is 0.0289. The van der Waals surface area contributed by atoms with Gasteiger partial charge in [-0.3, -0.25) is 4.79 Å². The van der Waals surface area contributed by atoms with Crippen LogP contribution in [0.5, 0.6) is 0 Å². The third-order valence-corrected chi connectivity index (χ3v) is 7.58. The fraction of sp³-hybridized carbons (Fsp3) is 0.321. The van der Waals surface area contributed by atoms with Gasteiger partial charge in [-0.15, -0.1) is 0 Å². The minimum atomic E-state index is -0.566. The highest BCUT2D eigenvalue weighted by molar-refractivity contribution is 6.03. The fourth-order valence-corrected chi connectivity index (χ4v) is 5.45. The van der Waals surface area contributed by atoms with Crippen molar-refractivity contribution in [2.24, 2.45) is 0 Å². The maximum absolute atomic E-state index is 14.7. The molecule has 1 aliphatic carbocycles. The van der Waals surface area contributed by atoms with Crippen LogP contribution in [0.25, 0.3) is 0 Å². The van der Waals surface area contributed by atoms with Gasteiger partial charge < -0.3 is 25.2 Å². The predicted octanol–water partition coefficient (Wildman–Crippen LogP) is 4.89. The maximum atomic E-state index is 14.7. The maximum Gasteiger partial charge on any atom is 0.250 e. The van der Waals surface area contributed by atoms with Crippen molar-refractivity contribution in [3.63, 3.8) is 0 Å². The van der Waals surface area contributed by atoms with Crippen LogP contribution in [0, 0.1) is 5.82 Å². The van der Waals surface area contributed by atoms with E-state index in [-0.39, 0.29) is 23.1 Å². The summed E-state index contributed by atoms with van der Waals surface area (Å²) in [5.41, 5.74) is 4.63. The van der Waals surface area contributed by atoms with Crippen LogP contribution in [0.2, 0.25) is 0 Å². The van der Waals surface area contributed by atoms with E-state index >= 15 is 0 Å². The normalized spacial score (nSPS) is 17.8. The summed E-state index contributed by atoms with van der Waals surface area (Å²) >= 11 is 0. The molecule has 3 aromatic rings. The molecule has 3 heterocycles. The molecule has 2 aliphatic heterocycles. The molecule has 3 aliphatic rings. The number of benzene rings is 2. The molecule has 1 aromatic heterocycles. The first-order valence-electron chi connectivity index (χ1n) is 12.6. The van der Waals surface area contributed by atoms with E-state index in [2.05, 4.69) is 32.1 Å². The number of hydrogen-bond acceptors (Lipinski definition) is 7. The molecule has 0 atom stereocenters. The lowest BCUT2D eigenvalue weighted by Gasteiger charge is -2.38. The summed E-state index contributed by atoms with van der Waals surface area (Å²) in [5, 5.41) is 6.22. The highest BCUT2D eigenvalue weighted by Crippen LogP contribution is 2.53. The van der Waals surface area contributed by atoms with Gasteiger partial charge in [-0.1, -0.05) is 19.1 Å². The van der Waals surface area contributed by atoms with Gasteiger partial charge in [0, 0.05) is 47.8 Å². The van der Waals surface area contributed by atoms with Gasteiger partial charge in [0.1, 0.15) is 0 Å². The summed E-state index contributed by atoms with van der Waals surface area (Å²) in [7, 11) is 0. The van der Waals surface area contributed by atoms with E-state index in [1.54, 1.807) is 4.90 Å². The molecule has 9 heteroatoms. The summed E-state index contributed by atoms with van der Waals surface area (Å²) in [4.78, 5) is 25.1. The molecule has 2 N–H and O–H groups in total. The number of aromatic nitrogens is 2. The zero-order valence-electron chi connectivity index (χ0n) is 20.5. The molecular formula is C28H29FN6O2. The van der Waals surface area contributed by atoms with E-state index < -0.39 is 5.82 Å². The number of nitrogens with zero attached hydrogens (tertiary/aromatic N) is 4. The molecular weight excluding hydrogens is 471 g/mol. The average molecular weight is 501 g/mol. The van der Waals surface area contributed by atoms with E-state index in [9.17, 15) is 9.18 Å². The molecule has 1 amide bonds. The number of anilines is 6. The minimum Gasteiger partial charge on any atom is -0.378 e. The van der Waals surface area contributed by atoms with Gasteiger partial charge in [-0.05, 0) is 60.9 Å². The van der Waals surface area contributed by atoms with Crippen molar-refractivity contribution in [2.45, 2.75) is 24.7 Å². The number of fused-ring (bicyclic) bond motifs is 2. The number of carbonyl (C=O) groups is 1. The van der Waals surface area contributed by atoms with Gasteiger partial charge >= 0.3 is 0 Å². The SMILES string of the molecule is C=CC(=O)N1CC2(CCC2)c2ccc(Nc3nc(Nc4ccc(N5CCOCC5)cc4)ncc3F)cc21. The smallest absolute Gasteiger partial charge is 0.250 e. The van der Waals surface area contributed by atoms with Crippen molar-refractivity contribution in [3.8, 4) is 0 Å². The predicted molar refractivity (Wildman–Crippen MR) is 143 cm³/mol. The van der Waals surface area contributed by atoms with Crippen molar-refractivity contribution in [2.75, 3.05) is 53.3 Å². The van der Waals surface area contributed by atoms with Gasteiger partial charge in [-0.2, -0.15) is 4.98 Å². The Bertz CT molecular complexity index is 1330. The number of morpholine rings is 1. The highest BCUT2D eigenvalue weighted by atomic mass is 19.1. The van der Waals surface area contributed by atoms with Gasteiger partial charge in [0.05, 0.1) is 19.4 Å². The van der Waals surface area contributed by atoms with Crippen molar-refractivity contribution < 1.29 is 13.9 Å². The first kappa shape index (κ1) is 23.4. The molecule has 2 aromatic carbocycles. The Morgan fingerprint density at radius 1 is 1.08 bits per heavy atom. The molecule has 8 nitrogen and oxygen atoms in total. The Kier molecular flexibility index (Phi) is 6.00. The molecule has 1 saturated heterocycles. The van der Waals surface area contributed by atoms with Crippen LogP contribution in [0.4, 0.5) is 38.9 Å². The Hall–Kier alpha value is -3.98. The lowest BCUT2D eigenvalue weighted by molar-refractivity contribution is -0.114. The number of ether oxygens (including phenoxy) is 1. The summed E-state index contributed by atoms with van der Waals surface area (Å²) in [6, 6.07) is 13.8. The summed E-state index contributed by atoms with van der Waals surface area (Å²) in [5.74, 6) is -0.355. The third kappa shape index (κ3) is 4.40. The zero-order chi connectivity index (χ0) is 25.4.